The van der Waals surface area contributed by atoms with E-state index in [0.717, 1.165) is 0 Å². The average molecular weight is 461 g/mol. The van der Waals surface area contributed by atoms with Crippen molar-refractivity contribution in [1.82, 2.24) is 26.0 Å². The molecule has 3 saturated heterocycles. The second kappa shape index (κ2) is 9.20. The van der Waals surface area contributed by atoms with E-state index < -0.39 is 29.9 Å². The molecule has 0 radical (unpaired) electrons. The Morgan fingerprint density at radius 1 is 1.41 bits per heavy atom. The fourth-order valence-electron chi connectivity index (χ4n) is 4.30. The van der Waals surface area contributed by atoms with Crippen LogP contribution in [0.25, 0.3) is 0 Å². The molecule has 0 aliphatic carbocycles. The molecule has 4 heterocycles. The summed E-state index contributed by atoms with van der Waals surface area (Å²) >= 11 is 1.51. The molecule has 1 aromatic heterocycles. The Morgan fingerprint density at radius 2 is 2.22 bits per heavy atom. The highest BCUT2D eigenvalue weighted by atomic mass is 32.2. The molecule has 0 bridgehead atoms. The Morgan fingerprint density at radius 3 is 2.88 bits per heavy atom. The molecule has 0 aromatic carbocycles. The summed E-state index contributed by atoms with van der Waals surface area (Å²) in [6.45, 7) is 2.23. The van der Waals surface area contributed by atoms with E-state index in [0.29, 0.717) is 37.3 Å². The number of nitriles is 1. The van der Waals surface area contributed by atoms with Gasteiger partial charge in [0, 0.05) is 24.3 Å². The van der Waals surface area contributed by atoms with E-state index in [9.17, 15) is 24.4 Å². The van der Waals surface area contributed by atoms with Gasteiger partial charge in [-0.15, -0.1) is 11.8 Å². The van der Waals surface area contributed by atoms with Gasteiger partial charge in [-0.2, -0.15) is 5.26 Å². The molecule has 1 unspecified atom stereocenters. The highest BCUT2D eigenvalue weighted by Gasteiger charge is 2.47. The Balaban J connectivity index is 1.39. The molecule has 12 heteroatoms. The number of nitrogens with one attached hydrogen (secondary N) is 3. The van der Waals surface area contributed by atoms with Crippen molar-refractivity contribution in [3.63, 3.8) is 0 Å². The van der Waals surface area contributed by atoms with Gasteiger partial charge < -0.3 is 25.4 Å². The van der Waals surface area contributed by atoms with Crippen LogP contribution in [0, 0.1) is 24.2 Å². The molecule has 170 valence electrons. The number of amides is 4. The van der Waals surface area contributed by atoms with Gasteiger partial charge in [-0.25, -0.2) is 0 Å². The molecule has 1 aromatic rings. The fourth-order valence-corrected chi connectivity index (χ4v) is 5.73. The summed E-state index contributed by atoms with van der Waals surface area (Å²) in [7, 11) is 0. The molecule has 0 spiro atoms. The number of thioether (sulfide) groups is 1. The maximum atomic E-state index is 13.1. The van der Waals surface area contributed by atoms with Crippen LogP contribution in [-0.4, -0.2) is 69.5 Å². The molecule has 3 fully saturated rings. The number of hydrogen-bond acceptors (Lipinski definition) is 8. The summed E-state index contributed by atoms with van der Waals surface area (Å²) in [6, 6.07) is 1.22. The predicted molar refractivity (Wildman–Crippen MR) is 112 cm³/mol. The zero-order valence-electron chi connectivity index (χ0n) is 17.5. The van der Waals surface area contributed by atoms with Crippen LogP contribution in [0.15, 0.2) is 10.6 Å². The lowest BCUT2D eigenvalue weighted by atomic mass is 9.98. The van der Waals surface area contributed by atoms with Crippen molar-refractivity contribution in [2.24, 2.45) is 5.92 Å². The molecular weight excluding hydrogens is 436 g/mol. The maximum Gasteiger partial charge on any atom is 0.274 e. The molecule has 5 atom stereocenters. The number of fused-ring (bicyclic) bond motifs is 1. The number of aromatic nitrogens is 1. The molecule has 4 amide bonds. The molecular formula is C20H24N6O5S. The molecule has 3 aliphatic heterocycles. The topological polar surface area (TPSA) is 157 Å². The fraction of sp³-hybridized carbons (Fsp3) is 0.600. The first kappa shape index (κ1) is 22.1. The van der Waals surface area contributed by atoms with Gasteiger partial charge in [0.15, 0.2) is 5.69 Å². The van der Waals surface area contributed by atoms with Gasteiger partial charge in [0.1, 0.15) is 23.9 Å². The monoisotopic (exact) mass is 460 g/mol. The minimum absolute atomic E-state index is 0.0929. The first-order chi connectivity index (χ1) is 15.4. The van der Waals surface area contributed by atoms with Gasteiger partial charge in [0.25, 0.3) is 5.91 Å². The summed E-state index contributed by atoms with van der Waals surface area (Å²) in [4.78, 5) is 51.8. The molecule has 0 saturated carbocycles. The zero-order valence-corrected chi connectivity index (χ0v) is 18.3. The number of piperidine rings is 1. The van der Waals surface area contributed by atoms with E-state index in [1.807, 2.05) is 6.07 Å². The van der Waals surface area contributed by atoms with Crippen LogP contribution in [0.3, 0.4) is 0 Å². The van der Waals surface area contributed by atoms with Gasteiger partial charge in [0.2, 0.25) is 17.7 Å². The Kier molecular flexibility index (Phi) is 6.36. The highest BCUT2D eigenvalue weighted by molar-refractivity contribution is 8.00. The van der Waals surface area contributed by atoms with Gasteiger partial charge in [0.05, 0.1) is 11.4 Å². The normalized spacial score (nSPS) is 27.9. The number of aryl methyl sites for hydroxylation is 1. The standard InChI is InChI=1S/C20H24N6O5S/c1-10-6-14(25-31-10)18(28)24-13-2-3-16-26(20(13)30)15(9-32-16)19(29)23-12(8-21)7-11-4-5-22-17(11)27/h6,11-13,15-16H,2-5,7,9H2,1H3,(H,22,27)(H,23,29)(H,24,28)/t11-,12-,13-,15-,16?/m0/s1. The van der Waals surface area contributed by atoms with Crippen LogP contribution in [0.1, 0.15) is 41.9 Å². The third kappa shape index (κ3) is 4.43. The number of carbonyl (C=O) groups excluding carboxylic acids is 4. The van der Waals surface area contributed by atoms with Crippen molar-refractivity contribution in [2.45, 2.75) is 56.1 Å². The number of rotatable bonds is 6. The molecule has 4 rings (SSSR count). The van der Waals surface area contributed by atoms with Crippen LogP contribution in [-0.2, 0) is 14.4 Å². The van der Waals surface area contributed by atoms with Crippen LogP contribution in [0.5, 0.6) is 0 Å². The van der Waals surface area contributed by atoms with E-state index >= 15 is 0 Å². The SMILES string of the molecule is Cc1cc(C(=O)N[C@H]2CCC3SC[C@@H](C(=O)N[C@H](C#N)C[C@@H]4CCNC4=O)N3C2=O)no1. The van der Waals surface area contributed by atoms with E-state index in [-0.39, 0.29) is 35.2 Å². The van der Waals surface area contributed by atoms with Crippen molar-refractivity contribution in [3.05, 3.63) is 17.5 Å². The van der Waals surface area contributed by atoms with Crippen molar-refractivity contribution in [1.29, 1.82) is 5.26 Å². The number of carbonyl (C=O) groups is 4. The van der Waals surface area contributed by atoms with Gasteiger partial charge in [-0.05, 0) is 32.6 Å². The summed E-state index contributed by atoms with van der Waals surface area (Å²) in [5, 5.41) is 21.1. The van der Waals surface area contributed by atoms with Crippen molar-refractivity contribution >= 4 is 35.4 Å². The quantitative estimate of drug-likeness (QED) is 0.521. The minimum atomic E-state index is -0.814. The van der Waals surface area contributed by atoms with E-state index in [2.05, 4.69) is 21.1 Å². The summed E-state index contributed by atoms with van der Waals surface area (Å²) in [5.74, 6) is -0.773. The second-order valence-electron chi connectivity index (χ2n) is 8.18. The zero-order chi connectivity index (χ0) is 22.8. The van der Waals surface area contributed by atoms with Crippen LogP contribution < -0.4 is 16.0 Å². The second-order valence-corrected chi connectivity index (χ2v) is 9.39. The van der Waals surface area contributed by atoms with Gasteiger partial charge in [-0.3, -0.25) is 19.2 Å². The Hall–Kier alpha value is -3.07. The van der Waals surface area contributed by atoms with Gasteiger partial charge in [-0.1, -0.05) is 5.16 Å². The number of nitrogens with zero attached hydrogens (tertiary/aromatic N) is 3. The lowest BCUT2D eigenvalue weighted by Crippen LogP contribution is -2.59. The predicted octanol–water partition coefficient (Wildman–Crippen LogP) is -0.320. The Bertz CT molecular complexity index is 974. The van der Waals surface area contributed by atoms with Crippen LogP contribution >= 0.6 is 11.8 Å². The maximum absolute atomic E-state index is 13.1. The Labute approximate surface area is 188 Å². The van der Waals surface area contributed by atoms with E-state index in [1.54, 1.807) is 6.92 Å². The number of hydrogen-bond donors (Lipinski definition) is 3. The van der Waals surface area contributed by atoms with Gasteiger partial charge >= 0.3 is 0 Å². The lowest BCUT2D eigenvalue weighted by Gasteiger charge is -2.37. The van der Waals surface area contributed by atoms with Crippen molar-refractivity contribution < 1.29 is 23.7 Å². The van der Waals surface area contributed by atoms with E-state index in [4.69, 9.17) is 4.52 Å². The average Bonchev–Trinajstić information content (AvgIpc) is 3.50. The molecule has 3 N–H and O–H groups in total. The van der Waals surface area contributed by atoms with Crippen molar-refractivity contribution in [3.8, 4) is 6.07 Å². The first-order valence-electron chi connectivity index (χ1n) is 10.5. The smallest absolute Gasteiger partial charge is 0.274 e. The highest BCUT2D eigenvalue weighted by Crippen LogP contribution is 2.36. The molecule has 32 heavy (non-hydrogen) atoms. The summed E-state index contributed by atoms with van der Waals surface area (Å²) in [6.07, 6.45) is 1.96. The summed E-state index contributed by atoms with van der Waals surface area (Å²) in [5.41, 5.74) is 0.0929. The summed E-state index contributed by atoms with van der Waals surface area (Å²) < 4.78 is 4.91. The minimum Gasteiger partial charge on any atom is -0.361 e. The van der Waals surface area contributed by atoms with E-state index in [1.165, 1.54) is 22.7 Å². The largest absolute Gasteiger partial charge is 0.361 e. The van der Waals surface area contributed by atoms with Crippen molar-refractivity contribution in [2.75, 3.05) is 12.3 Å². The third-order valence-corrected chi connectivity index (χ3v) is 7.33. The molecule has 3 aliphatic rings. The third-order valence-electron chi connectivity index (χ3n) is 5.97. The lowest BCUT2D eigenvalue weighted by molar-refractivity contribution is -0.143. The molecule has 11 nitrogen and oxygen atoms in total. The van der Waals surface area contributed by atoms with Crippen LogP contribution in [0.4, 0.5) is 0 Å². The van der Waals surface area contributed by atoms with Crippen LogP contribution in [0.2, 0.25) is 0 Å². The first-order valence-corrected chi connectivity index (χ1v) is 11.6.